The number of nitrogens with zero attached hydrogens (tertiary/aromatic N) is 2. The highest BCUT2D eigenvalue weighted by molar-refractivity contribution is 8.15. The quantitative estimate of drug-likeness (QED) is 0.830. The van der Waals surface area contributed by atoms with Crippen LogP contribution in [0, 0.1) is 5.92 Å². The molecule has 1 saturated carbocycles. The Morgan fingerprint density at radius 3 is 2.65 bits per heavy atom. The molecule has 3 aliphatic rings. The maximum Gasteiger partial charge on any atom is 0.251 e. The number of sulfone groups is 1. The van der Waals surface area contributed by atoms with Crippen molar-refractivity contribution in [2.24, 2.45) is 10.9 Å². The largest absolute Gasteiger partial charge is 0.342 e. The van der Waals surface area contributed by atoms with Gasteiger partial charge in [-0.1, -0.05) is 42.1 Å². The second-order valence-electron chi connectivity index (χ2n) is 6.42. The molecular weight excluding hydrogens is 332 g/mol. The lowest BCUT2D eigenvalue weighted by atomic mass is 10.1. The van der Waals surface area contributed by atoms with Gasteiger partial charge in [0.25, 0.3) is 5.91 Å². The minimum atomic E-state index is -2.99. The predicted octanol–water partition coefficient (Wildman–Crippen LogP) is 1.69. The molecular formula is C16H18N2O3S2. The van der Waals surface area contributed by atoms with Crippen molar-refractivity contribution in [2.45, 2.75) is 30.7 Å². The van der Waals surface area contributed by atoms with Gasteiger partial charge < -0.3 is 4.90 Å². The van der Waals surface area contributed by atoms with E-state index in [-0.39, 0.29) is 34.6 Å². The van der Waals surface area contributed by atoms with E-state index in [1.54, 1.807) is 0 Å². The molecule has 2 aliphatic heterocycles. The normalized spacial score (nSPS) is 30.6. The van der Waals surface area contributed by atoms with E-state index in [4.69, 9.17) is 0 Å². The van der Waals surface area contributed by atoms with E-state index >= 15 is 0 Å². The summed E-state index contributed by atoms with van der Waals surface area (Å²) in [7, 11) is -2.99. The molecule has 4 rings (SSSR count). The standard InChI is InChI=1S/C16H18N2O3S2/c19-15(12-6-7-12)17-16-18(8-11-4-2-1-3-5-11)13-9-23(20,21)10-14(13)22-16/h1-5,12-14H,6-10H2/t13-,14-/m0/s1. The van der Waals surface area contributed by atoms with Gasteiger partial charge >= 0.3 is 0 Å². The van der Waals surface area contributed by atoms with Gasteiger partial charge in [0, 0.05) is 17.7 Å². The van der Waals surface area contributed by atoms with Crippen molar-refractivity contribution in [3.05, 3.63) is 35.9 Å². The third-order valence-electron chi connectivity index (χ3n) is 4.50. The van der Waals surface area contributed by atoms with Crippen LogP contribution in [0.5, 0.6) is 0 Å². The molecule has 1 aromatic rings. The number of hydrogen-bond acceptors (Lipinski definition) is 4. The Hall–Kier alpha value is -1.34. The van der Waals surface area contributed by atoms with Crippen LogP contribution in [0.4, 0.5) is 0 Å². The highest BCUT2D eigenvalue weighted by Crippen LogP contribution is 2.40. The van der Waals surface area contributed by atoms with Gasteiger partial charge in [-0.05, 0) is 18.4 Å². The number of carbonyl (C=O) groups is 1. The summed E-state index contributed by atoms with van der Waals surface area (Å²) in [6.07, 6.45) is 1.86. The van der Waals surface area contributed by atoms with Crippen molar-refractivity contribution in [3.8, 4) is 0 Å². The van der Waals surface area contributed by atoms with Crippen LogP contribution in [0.1, 0.15) is 18.4 Å². The molecule has 0 N–H and O–H groups in total. The lowest BCUT2D eigenvalue weighted by molar-refractivity contribution is -0.118. The summed E-state index contributed by atoms with van der Waals surface area (Å²) in [6, 6.07) is 9.84. The highest BCUT2D eigenvalue weighted by Gasteiger charge is 2.49. The third-order valence-corrected chi connectivity index (χ3v) is 7.75. The van der Waals surface area contributed by atoms with Crippen molar-refractivity contribution in [1.82, 2.24) is 4.90 Å². The first kappa shape index (κ1) is 15.2. The van der Waals surface area contributed by atoms with E-state index in [1.807, 2.05) is 35.2 Å². The van der Waals surface area contributed by atoms with Gasteiger partial charge in [0.05, 0.1) is 17.5 Å². The van der Waals surface area contributed by atoms with Crippen LogP contribution in [-0.2, 0) is 21.2 Å². The highest BCUT2D eigenvalue weighted by atomic mass is 32.2. The van der Waals surface area contributed by atoms with Gasteiger partial charge in [0.15, 0.2) is 15.0 Å². The molecule has 0 unspecified atom stereocenters. The summed E-state index contributed by atoms with van der Waals surface area (Å²) >= 11 is 1.46. The van der Waals surface area contributed by atoms with Gasteiger partial charge in [-0.25, -0.2) is 8.42 Å². The molecule has 0 radical (unpaired) electrons. The van der Waals surface area contributed by atoms with Gasteiger partial charge in [0.2, 0.25) is 0 Å². The molecule has 1 aliphatic carbocycles. The smallest absolute Gasteiger partial charge is 0.251 e. The van der Waals surface area contributed by atoms with E-state index in [9.17, 15) is 13.2 Å². The number of carbonyl (C=O) groups excluding carboxylic acids is 1. The first-order valence-corrected chi connectivity index (χ1v) is 10.5. The number of rotatable bonds is 3. The Morgan fingerprint density at radius 2 is 1.96 bits per heavy atom. The fourth-order valence-electron chi connectivity index (χ4n) is 3.12. The van der Waals surface area contributed by atoms with Crippen molar-refractivity contribution in [3.63, 3.8) is 0 Å². The second-order valence-corrected chi connectivity index (χ2v) is 9.78. The first-order valence-electron chi connectivity index (χ1n) is 7.82. The maximum atomic E-state index is 12.1. The Balaban J connectivity index is 1.62. The van der Waals surface area contributed by atoms with E-state index in [0.717, 1.165) is 18.4 Å². The number of amides is 1. The number of amidine groups is 1. The molecule has 0 spiro atoms. The molecule has 7 heteroatoms. The van der Waals surface area contributed by atoms with Crippen LogP contribution in [0.15, 0.2) is 35.3 Å². The summed E-state index contributed by atoms with van der Waals surface area (Å²) in [4.78, 5) is 18.4. The maximum absolute atomic E-state index is 12.1. The first-order chi connectivity index (χ1) is 11.0. The fraction of sp³-hybridized carbons (Fsp3) is 0.500. The molecule has 5 nitrogen and oxygen atoms in total. The Morgan fingerprint density at radius 1 is 1.22 bits per heavy atom. The van der Waals surface area contributed by atoms with Gasteiger partial charge in [0.1, 0.15) is 0 Å². The molecule has 23 heavy (non-hydrogen) atoms. The van der Waals surface area contributed by atoms with Gasteiger partial charge in [-0.2, -0.15) is 4.99 Å². The predicted molar refractivity (Wildman–Crippen MR) is 91.0 cm³/mol. The third kappa shape index (κ3) is 3.17. The minimum Gasteiger partial charge on any atom is -0.342 e. The summed E-state index contributed by atoms with van der Waals surface area (Å²) < 4.78 is 23.9. The zero-order chi connectivity index (χ0) is 16.0. The van der Waals surface area contributed by atoms with Crippen molar-refractivity contribution in [1.29, 1.82) is 0 Å². The lowest BCUT2D eigenvalue weighted by Crippen LogP contribution is -2.37. The van der Waals surface area contributed by atoms with E-state index in [2.05, 4.69) is 4.99 Å². The zero-order valence-corrected chi connectivity index (χ0v) is 14.2. The van der Waals surface area contributed by atoms with Crippen molar-refractivity contribution in [2.75, 3.05) is 11.5 Å². The Kier molecular flexibility index (Phi) is 3.72. The summed E-state index contributed by atoms with van der Waals surface area (Å²) in [6.45, 7) is 0.599. The zero-order valence-electron chi connectivity index (χ0n) is 12.6. The lowest BCUT2D eigenvalue weighted by Gasteiger charge is -2.24. The van der Waals surface area contributed by atoms with Gasteiger partial charge in [-0.3, -0.25) is 4.79 Å². The van der Waals surface area contributed by atoms with Crippen molar-refractivity contribution >= 4 is 32.7 Å². The molecule has 1 aromatic carbocycles. The molecule has 0 bridgehead atoms. The SMILES string of the molecule is O=C(N=C1S[C@H]2CS(=O)(=O)C[C@@H]2N1Cc1ccccc1)C1CC1. The van der Waals surface area contributed by atoms with Gasteiger partial charge in [-0.15, -0.1) is 0 Å². The Bertz CT molecular complexity index is 757. The molecule has 3 fully saturated rings. The van der Waals surface area contributed by atoms with Crippen LogP contribution in [0.25, 0.3) is 0 Å². The number of thioether (sulfide) groups is 1. The molecule has 0 aromatic heterocycles. The number of fused-ring (bicyclic) bond motifs is 1. The number of aliphatic imine (C=N–C) groups is 1. The average molecular weight is 350 g/mol. The second kappa shape index (κ2) is 5.63. The van der Waals surface area contributed by atoms with Crippen LogP contribution in [0.3, 0.4) is 0 Å². The molecule has 122 valence electrons. The average Bonchev–Trinajstić information content (AvgIpc) is 3.25. The number of benzene rings is 1. The Labute approximate surface area is 140 Å². The van der Waals surface area contributed by atoms with Crippen LogP contribution in [-0.4, -0.2) is 47.2 Å². The summed E-state index contributed by atoms with van der Waals surface area (Å²) in [5.74, 6) is 0.387. The van der Waals surface area contributed by atoms with Crippen LogP contribution < -0.4 is 0 Å². The fourth-order valence-corrected chi connectivity index (χ4v) is 7.07. The molecule has 1 amide bonds. The topological polar surface area (TPSA) is 66.8 Å². The van der Waals surface area contributed by atoms with E-state index in [1.165, 1.54) is 11.8 Å². The van der Waals surface area contributed by atoms with E-state index < -0.39 is 9.84 Å². The summed E-state index contributed by atoms with van der Waals surface area (Å²) in [5, 5.41) is 0.699. The van der Waals surface area contributed by atoms with Crippen molar-refractivity contribution < 1.29 is 13.2 Å². The molecule has 2 atom stereocenters. The monoisotopic (exact) mass is 350 g/mol. The van der Waals surface area contributed by atoms with Crippen LogP contribution >= 0.6 is 11.8 Å². The molecule has 2 saturated heterocycles. The van der Waals surface area contributed by atoms with Crippen LogP contribution in [0.2, 0.25) is 0 Å². The molecule has 2 heterocycles. The number of hydrogen-bond donors (Lipinski definition) is 0. The summed E-state index contributed by atoms with van der Waals surface area (Å²) in [5.41, 5.74) is 1.10. The minimum absolute atomic E-state index is 0.00512. The van der Waals surface area contributed by atoms with E-state index in [0.29, 0.717) is 11.7 Å².